The van der Waals surface area contributed by atoms with Gasteiger partial charge in [0.05, 0.1) is 0 Å². The predicted octanol–water partition coefficient (Wildman–Crippen LogP) is -0.179. The molecule has 3 nitrogen and oxygen atoms in total. The van der Waals surface area contributed by atoms with Crippen LogP contribution in [0.15, 0.2) is 0 Å². The first kappa shape index (κ1) is 5.23. The maximum absolute atomic E-state index is 10.4. The second-order valence-corrected chi connectivity index (χ2v) is 2.91. The number of hydrogen-bond acceptors (Lipinski definition) is 2. The molecule has 2 aliphatic heterocycles. The fourth-order valence-corrected chi connectivity index (χ4v) is 1.73. The Morgan fingerprint density at radius 3 is 2.44 bits per heavy atom. The Kier molecular flexibility index (Phi) is 0.858. The zero-order chi connectivity index (χ0) is 6.43. The van der Waals surface area contributed by atoms with Gasteiger partial charge >= 0.3 is 5.97 Å². The van der Waals surface area contributed by atoms with Crippen molar-refractivity contribution in [2.45, 2.75) is 24.9 Å². The van der Waals surface area contributed by atoms with Crippen LogP contribution < -0.4 is 5.32 Å². The molecule has 1 saturated carbocycles. The number of rotatable bonds is 1. The Morgan fingerprint density at radius 2 is 2.22 bits per heavy atom. The SMILES string of the molecule is O=C(O)[C@@H]1NC2CC1C2. The number of hydrogen-bond donors (Lipinski definition) is 2. The van der Waals surface area contributed by atoms with Crippen molar-refractivity contribution in [2.24, 2.45) is 5.92 Å². The van der Waals surface area contributed by atoms with Gasteiger partial charge in [-0.15, -0.1) is 0 Å². The highest BCUT2D eigenvalue weighted by atomic mass is 16.4. The van der Waals surface area contributed by atoms with Crippen LogP contribution in [0.5, 0.6) is 0 Å². The second-order valence-electron chi connectivity index (χ2n) is 2.91. The molecule has 0 spiro atoms. The molecule has 0 aromatic carbocycles. The Hall–Kier alpha value is -0.570. The van der Waals surface area contributed by atoms with Crippen molar-refractivity contribution in [1.82, 2.24) is 5.32 Å². The lowest BCUT2D eigenvalue weighted by Crippen LogP contribution is -2.30. The third-order valence-electron chi connectivity index (χ3n) is 2.33. The van der Waals surface area contributed by atoms with Crippen LogP contribution in [0.1, 0.15) is 12.8 Å². The van der Waals surface area contributed by atoms with Gasteiger partial charge in [-0.05, 0) is 18.8 Å². The first-order valence-corrected chi connectivity index (χ1v) is 3.26. The average Bonchev–Trinajstić information content (AvgIpc) is 2.12. The zero-order valence-electron chi connectivity index (χ0n) is 5.00. The fraction of sp³-hybridized carbons (Fsp3) is 0.833. The Morgan fingerprint density at radius 1 is 1.56 bits per heavy atom. The van der Waals surface area contributed by atoms with E-state index in [4.69, 9.17) is 5.11 Å². The normalized spacial score (nSPS) is 46.4. The molecule has 3 heteroatoms. The van der Waals surface area contributed by atoms with Gasteiger partial charge in [-0.3, -0.25) is 4.79 Å². The summed E-state index contributed by atoms with van der Waals surface area (Å²) in [6.45, 7) is 0. The van der Waals surface area contributed by atoms with Crippen LogP contribution in [0.3, 0.4) is 0 Å². The van der Waals surface area contributed by atoms with Crippen molar-refractivity contribution in [3.63, 3.8) is 0 Å². The van der Waals surface area contributed by atoms with Crippen LogP contribution in [-0.4, -0.2) is 23.2 Å². The Balaban J connectivity index is 2.08. The van der Waals surface area contributed by atoms with Crippen molar-refractivity contribution in [3.8, 4) is 0 Å². The number of carbonyl (C=O) groups is 1. The van der Waals surface area contributed by atoms with E-state index in [2.05, 4.69) is 5.32 Å². The zero-order valence-corrected chi connectivity index (χ0v) is 5.00. The molecule has 2 heterocycles. The van der Waals surface area contributed by atoms with E-state index in [1.54, 1.807) is 0 Å². The molecule has 0 aromatic heterocycles. The number of fused-ring (bicyclic) bond motifs is 1. The summed E-state index contributed by atoms with van der Waals surface area (Å²) in [5, 5.41) is 11.6. The van der Waals surface area contributed by atoms with E-state index < -0.39 is 5.97 Å². The van der Waals surface area contributed by atoms with Gasteiger partial charge < -0.3 is 10.4 Å². The summed E-state index contributed by atoms with van der Waals surface area (Å²) in [5.41, 5.74) is 0. The van der Waals surface area contributed by atoms with Crippen LogP contribution in [-0.2, 0) is 4.79 Å². The average molecular weight is 127 g/mol. The van der Waals surface area contributed by atoms with E-state index in [0.717, 1.165) is 12.8 Å². The van der Waals surface area contributed by atoms with Gasteiger partial charge in [0.1, 0.15) is 6.04 Å². The lowest BCUT2D eigenvalue weighted by atomic mass is 9.83. The number of aliphatic carboxylic acids is 1. The predicted molar refractivity (Wildman–Crippen MR) is 31.1 cm³/mol. The molecule has 3 fully saturated rings. The van der Waals surface area contributed by atoms with E-state index in [1.807, 2.05) is 0 Å². The monoisotopic (exact) mass is 127 g/mol. The summed E-state index contributed by atoms with van der Waals surface area (Å²) < 4.78 is 0. The topological polar surface area (TPSA) is 49.3 Å². The standard InChI is InChI=1S/C6H9NO2/c8-6(9)5-3-1-4(2-3)7-5/h3-5,7H,1-2H2,(H,8,9)/t3?,4?,5-/m1/s1. The first-order chi connectivity index (χ1) is 4.27. The molecule has 1 atom stereocenters. The fourth-order valence-electron chi connectivity index (χ4n) is 1.73. The highest BCUT2D eigenvalue weighted by Crippen LogP contribution is 2.37. The van der Waals surface area contributed by atoms with E-state index in [9.17, 15) is 4.79 Å². The number of carboxylic acids is 1. The van der Waals surface area contributed by atoms with Crippen LogP contribution in [0.25, 0.3) is 0 Å². The van der Waals surface area contributed by atoms with Crippen LogP contribution in [0.4, 0.5) is 0 Å². The van der Waals surface area contributed by atoms with Gasteiger partial charge in [0, 0.05) is 6.04 Å². The van der Waals surface area contributed by atoms with Crippen LogP contribution in [0.2, 0.25) is 0 Å². The highest BCUT2D eigenvalue weighted by Gasteiger charge is 2.47. The molecule has 0 amide bonds. The van der Waals surface area contributed by atoms with Crippen LogP contribution >= 0.6 is 0 Å². The van der Waals surface area contributed by atoms with Gasteiger partial charge in [0.15, 0.2) is 0 Å². The summed E-state index contributed by atoms with van der Waals surface area (Å²) in [6, 6.07) is 0.297. The third kappa shape index (κ3) is 0.580. The minimum Gasteiger partial charge on any atom is -0.480 e. The summed E-state index contributed by atoms with van der Waals surface area (Å²) in [6.07, 6.45) is 2.16. The van der Waals surface area contributed by atoms with E-state index in [1.165, 1.54) is 0 Å². The molecule has 0 aromatic rings. The van der Waals surface area contributed by atoms with Crippen molar-refractivity contribution in [2.75, 3.05) is 0 Å². The van der Waals surface area contributed by atoms with Gasteiger partial charge in [-0.25, -0.2) is 0 Å². The lowest BCUT2D eigenvalue weighted by Gasteiger charge is -2.20. The Labute approximate surface area is 53.1 Å². The van der Waals surface area contributed by atoms with Crippen molar-refractivity contribution >= 4 is 5.97 Å². The van der Waals surface area contributed by atoms with Gasteiger partial charge in [0.2, 0.25) is 0 Å². The molecule has 9 heavy (non-hydrogen) atoms. The molecule has 0 radical (unpaired) electrons. The number of carboxylic acid groups (broad SMARTS) is 1. The summed E-state index contributed by atoms with van der Waals surface area (Å²) in [5.74, 6) is -0.243. The maximum Gasteiger partial charge on any atom is 0.320 e. The third-order valence-corrected chi connectivity index (χ3v) is 2.33. The molecule has 50 valence electrons. The van der Waals surface area contributed by atoms with Crippen molar-refractivity contribution < 1.29 is 9.90 Å². The molecule has 3 aliphatic rings. The lowest BCUT2D eigenvalue weighted by molar-refractivity contribution is -0.139. The molecule has 2 bridgehead atoms. The van der Waals surface area contributed by atoms with E-state index in [0.29, 0.717) is 12.0 Å². The summed E-state index contributed by atoms with van der Waals surface area (Å²) >= 11 is 0. The number of nitrogens with one attached hydrogen (secondary N) is 1. The summed E-state index contributed by atoms with van der Waals surface area (Å²) in [7, 11) is 0. The van der Waals surface area contributed by atoms with Gasteiger partial charge in [-0.1, -0.05) is 0 Å². The molecule has 0 unspecified atom stereocenters. The minimum atomic E-state index is -0.681. The molecule has 3 rings (SSSR count). The molecular formula is C6H9NO2. The van der Waals surface area contributed by atoms with Gasteiger partial charge in [-0.2, -0.15) is 0 Å². The smallest absolute Gasteiger partial charge is 0.320 e. The molecule has 2 saturated heterocycles. The molecule has 2 N–H and O–H groups in total. The first-order valence-electron chi connectivity index (χ1n) is 3.26. The van der Waals surface area contributed by atoms with Crippen molar-refractivity contribution in [3.05, 3.63) is 0 Å². The Bertz CT molecular complexity index is 151. The van der Waals surface area contributed by atoms with E-state index >= 15 is 0 Å². The highest BCUT2D eigenvalue weighted by molar-refractivity contribution is 5.75. The second kappa shape index (κ2) is 1.48. The molecule has 1 aliphatic carbocycles. The van der Waals surface area contributed by atoms with E-state index in [-0.39, 0.29) is 6.04 Å². The quantitative estimate of drug-likeness (QED) is 0.513. The molecular weight excluding hydrogens is 118 g/mol. The summed E-state index contributed by atoms with van der Waals surface area (Å²) in [4.78, 5) is 10.4. The van der Waals surface area contributed by atoms with Gasteiger partial charge in [0.25, 0.3) is 0 Å². The van der Waals surface area contributed by atoms with Crippen molar-refractivity contribution in [1.29, 1.82) is 0 Å². The minimum absolute atomic E-state index is 0.227. The largest absolute Gasteiger partial charge is 0.480 e. The maximum atomic E-state index is 10.4. The van der Waals surface area contributed by atoms with Crippen LogP contribution in [0, 0.1) is 5.92 Å².